The summed E-state index contributed by atoms with van der Waals surface area (Å²) in [6, 6.07) is 0.323. The Labute approximate surface area is 72.2 Å². The van der Waals surface area contributed by atoms with Gasteiger partial charge in [-0.1, -0.05) is 0 Å². The predicted molar refractivity (Wildman–Crippen MR) is 46.8 cm³/mol. The van der Waals surface area contributed by atoms with Crippen molar-refractivity contribution in [1.82, 2.24) is 14.9 Å². The van der Waals surface area contributed by atoms with Crippen molar-refractivity contribution >= 4 is 0 Å². The van der Waals surface area contributed by atoms with Crippen LogP contribution in [0.4, 0.5) is 0 Å². The highest BCUT2D eigenvalue weighted by atomic mass is 16.3. The first-order valence-electron chi connectivity index (χ1n) is 4.10. The molecule has 1 aromatic heterocycles. The number of nitrogens with zero attached hydrogens (tertiary/aromatic N) is 2. The topological polar surface area (TPSA) is 50.1 Å². The molecule has 0 bridgehead atoms. The minimum atomic E-state index is 0.222. The molecule has 1 unspecified atom stereocenters. The van der Waals surface area contributed by atoms with Gasteiger partial charge < -0.3 is 15.0 Å². The maximum Gasteiger partial charge on any atom is 0.0946 e. The van der Waals surface area contributed by atoms with Crippen molar-refractivity contribution in [2.75, 3.05) is 13.7 Å². The molecule has 0 aromatic carbocycles. The van der Waals surface area contributed by atoms with Crippen LogP contribution in [0.1, 0.15) is 6.42 Å². The third kappa shape index (κ3) is 2.64. The van der Waals surface area contributed by atoms with Crippen molar-refractivity contribution in [3.63, 3.8) is 0 Å². The van der Waals surface area contributed by atoms with Gasteiger partial charge >= 0.3 is 0 Å². The van der Waals surface area contributed by atoms with E-state index in [-0.39, 0.29) is 6.61 Å². The smallest absolute Gasteiger partial charge is 0.0946 e. The van der Waals surface area contributed by atoms with Crippen LogP contribution in [0.2, 0.25) is 0 Å². The Morgan fingerprint density at radius 2 is 2.50 bits per heavy atom. The van der Waals surface area contributed by atoms with Gasteiger partial charge in [0, 0.05) is 31.6 Å². The summed E-state index contributed by atoms with van der Waals surface area (Å²) >= 11 is 0. The molecule has 0 saturated carbocycles. The average Bonchev–Trinajstić information content (AvgIpc) is 2.56. The lowest BCUT2D eigenvalue weighted by atomic mass is 10.2. The van der Waals surface area contributed by atoms with Crippen LogP contribution in [0.15, 0.2) is 18.7 Å². The summed E-state index contributed by atoms with van der Waals surface area (Å²) in [5, 5.41) is 11.9. The van der Waals surface area contributed by atoms with Gasteiger partial charge in [0.05, 0.1) is 6.33 Å². The number of aliphatic hydroxyl groups excluding tert-OH is 1. The second kappa shape index (κ2) is 4.90. The predicted octanol–water partition coefficient (Wildman–Crippen LogP) is -0.147. The molecule has 0 fully saturated rings. The second-order valence-electron chi connectivity index (χ2n) is 2.76. The molecule has 1 atom stereocenters. The molecule has 4 nitrogen and oxygen atoms in total. The Morgan fingerprint density at radius 1 is 1.67 bits per heavy atom. The lowest BCUT2D eigenvalue weighted by Gasteiger charge is -2.14. The first kappa shape index (κ1) is 9.22. The van der Waals surface area contributed by atoms with Gasteiger partial charge in [-0.25, -0.2) is 4.98 Å². The molecule has 0 spiro atoms. The molecule has 0 saturated heterocycles. The zero-order valence-corrected chi connectivity index (χ0v) is 7.27. The van der Waals surface area contributed by atoms with E-state index in [0.717, 1.165) is 13.0 Å². The zero-order valence-electron chi connectivity index (χ0n) is 7.27. The minimum Gasteiger partial charge on any atom is -0.396 e. The molecule has 0 aliphatic rings. The molecular weight excluding hydrogens is 154 g/mol. The number of nitrogens with one attached hydrogen (secondary N) is 1. The van der Waals surface area contributed by atoms with Crippen LogP contribution in [0, 0.1) is 0 Å². The van der Waals surface area contributed by atoms with Crippen LogP contribution < -0.4 is 5.32 Å². The lowest BCUT2D eigenvalue weighted by Crippen LogP contribution is -2.30. The molecule has 1 heterocycles. The SMILES string of the molecule is CNC(CCO)Cn1ccnc1. The molecule has 4 heteroatoms. The van der Waals surface area contributed by atoms with Crippen LogP contribution in [-0.4, -0.2) is 34.4 Å². The van der Waals surface area contributed by atoms with Crippen molar-refractivity contribution in [2.45, 2.75) is 19.0 Å². The molecule has 1 rings (SSSR count). The number of aliphatic hydroxyl groups is 1. The summed E-state index contributed by atoms with van der Waals surface area (Å²) in [4.78, 5) is 3.94. The third-order valence-electron chi connectivity index (χ3n) is 1.88. The number of imidazole rings is 1. The van der Waals surface area contributed by atoms with Crippen LogP contribution in [0.25, 0.3) is 0 Å². The molecule has 0 aliphatic carbocycles. The van der Waals surface area contributed by atoms with Gasteiger partial charge in [-0.15, -0.1) is 0 Å². The molecule has 2 N–H and O–H groups in total. The highest BCUT2D eigenvalue weighted by molar-refractivity contribution is 4.77. The van der Waals surface area contributed by atoms with Gasteiger partial charge in [-0.2, -0.15) is 0 Å². The molecule has 0 amide bonds. The number of likely N-dealkylation sites (N-methyl/N-ethyl adjacent to an activating group) is 1. The maximum atomic E-state index is 8.73. The maximum absolute atomic E-state index is 8.73. The van der Waals surface area contributed by atoms with E-state index in [2.05, 4.69) is 10.3 Å². The fourth-order valence-electron chi connectivity index (χ4n) is 1.13. The standard InChI is InChI=1S/C8H15N3O/c1-9-8(2-5-12)6-11-4-3-10-7-11/h3-4,7-9,12H,2,5-6H2,1H3. The highest BCUT2D eigenvalue weighted by Crippen LogP contribution is 1.95. The van der Waals surface area contributed by atoms with E-state index in [9.17, 15) is 0 Å². The van der Waals surface area contributed by atoms with E-state index in [1.165, 1.54) is 0 Å². The number of rotatable bonds is 5. The first-order chi connectivity index (χ1) is 5.86. The minimum absolute atomic E-state index is 0.222. The third-order valence-corrected chi connectivity index (χ3v) is 1.88. The molecule has 0 radical (unpaired) electrons. The van der Waals surface area contributed by atoms with Gasteiger partial charge in [-0.05, 0) is 13.5 Å². The summed E-state index contributed by atoms with van der Waals surface area (Å²) < 4.78 is 2.00. The van der Waals surface area contributed by atoms with Gasteiger partial charge in [0.2, 0.25) is 0 Å². The van der Waals surface area contributed by atoms with E-state index in [0.29, 0.717) is 6.04 Å². The van der Waals surface area contributed by atoms with Crippen LogP contribution >= 0.6 is 0 Å². The Balaban J connectivity index is 2.37. The Hall–Kier alpha value is -0.870. The Bertz CT molecular complexity index is 198. The van der Waals surface area contributed by atoms with Crippen molar-refractivity contribution in [2.24, 2.45) is 0 Å². The summed E-state index contributed by atoms with van der Waals surface area (Å²) in [7, 11) is 1.90. The number of hydrogen-bond acceptors (Lipinski definition) is 3. The average molecular weight is 169 g/mol. The van der Waals surface area contributed by atoms with Crippen molar-refractivity contribution in [1.29, 1.82) is 0 Å². The van der Waals surface area contributed by atoms with Gasteiger partial charge in [0.25, 0.3) is 0 Å². The van der Waals surface area contributed by atoms with Gasteiger partial charge in [0.1, 0.15) is 0 Å². The van der Waals surface area contributed by atoms with E-state index in [4.69, 9.17) is 5.11 Å². The quantitative estimate of drug-likeness (QED) is 0.644. The van der Waals surface area contributed by atoms with Crippen molar-refractivity contribution in [3.05, 3.63) is 18.7 Å². The van der Waals surface area contributed by atoms with E-state index >= 15 is 0 Å². The van der Waals surface area contributed by atoms with E-state index in [1.807, 2.05) is 17.8 Å². The largest absolute Gasteiger partial charge is 0.396 e. The zero-order chi connectivity index (χ0) is 8.81. The Kier molecular flexibility index (Phi) is 3.76. The van der Waals surface area contributed by atoms with Crippen LogP contribution in [-0.2, 0) is 6.54 Å². The number of aromatic nitrogens is 2. The van der Waals surface area contributed by atoms with Gasteiger partial charge in [0.15, 0.2) is 0 Å². The van der Waals surface area contributed by atoms with E-state index in [1.54, 1.807) is 12.5 Å². The normalized spacial score (nSPS) is 13.2. The van der Waals surface area contributed by atoms with Gasteiger partial charge in [-0.3, -0.25) is 0 Å². The molecule has 68 valence electrons. The molecule has 1 aromatic rings. The molecule has 0 aliphatic heterocycles. The number of hydrogen-bond donors (Lipinski definition) is 2. The summed E-state index contributed by atoms with van der Waals surface area (Å²) in [6.45, 7) is 1.08. The second-order valence-corrected chi connectivity index (χ2v) is 2.76. The first-order valence-corrected chi connectivity index (χ1v) is 4.10. The molecular formula is C8H15N3O. The summed E-state index contributed by atoms with van der Waals surface area (Å²) in [6.07, 6.45) is 6.23. The van der Waals surface area contributed by atoms with Crippen LogP contribution in [0.3, 0.4) is 0 Å². The highest BCUT2D eigenvalue weighted by Gasteiger charge is 2.04. The lowest BCUT2D eigenvalue weighted by molar-refractivity contribution is 0.260. The molecule has 12 heavy (non-hydrogen) atoms. The summed E-state index contributed by atoms with van der Waals surface area (Å²) in [5.41, 5.74) is 0. The Morgan fingerprint density at radius 3 is 3.00 bits per heavy atom. The monoisotopic (exact) mass is 169 g/mol. The fourth-order valence-corrected chi connectivity index (χ4v) is 1.13. The van der Waals surface area contributed by atoms with Crippen molar-refractivity contribution < 1.29 is 5.11 Å². The van der Waals surface area contributed by atoms with Crippen LogP contribution in [0.5, 0.6) is 0 Å². The van der Waals surface area contributed by atoms with Crippen molar-refractivity contribution in [3.8, 4) is 0 Å². The fraction of sp³-hybridized carbons (Fsp3) is 0.625. The summed E-state index contributed by atoms with van der Waals surface area (Å²) in [5.74, 6) is 0. The van der Waals surface area contributed by atoms with E-state index < -0.39 is 0 Å².